The number of carbonyl (C=O) groups is 3. The van der Waals surface area contributed by atoms with Gasteiger partial charge < -0.3 is 15.4 Å². The number of amides is 2. The molecule has 0 unspecified atom stereocenters. The van der Waals surface area contributed by atoms with Crippen molar-refractivity contribution >= 4 is 29.0 Å². The van der Waals surface area contributed by atoms with Crippen molar-refractivity contribution in [3.8, 4) is 16.9 Å². The number of benzene rings is 3. The van der Waals surface area contributed by atoms with Crippen LogP contribution in [0.25, 0.3) is 11.1 Å². The van der Waals surface area contributed by atoms with Crippen LogP contribution < -0.4 is 15.4 Å². The Hall–Kier alpha value is -3.93. The number of Topliss-reactive ketones (excluding diaryl/α,β-unsaturated/α-hetero) is 1. The molecule has 1 aliphatic heterocycles. The van der Waals surface area contributed by atoms with E-state index in [9.17, 15) is 14.4 Å². The van der Waals surface area contributed by atoms with Crippen LogP contribution in [0.2, 0.25) is 0 Å². The van der Waals surface area contributed by atoms with Crippen LogP contribution in [-0.2, 0) is 9.59 Å². The number of rotatable bonds is 6. The molecule has 0 bridgehead atoms. The SMILES string of the molecule is C[C@@H]1Oc2ccc(NC(=O)CCC(=O)c3ccc(-c4ccccc4)cc3)cc2NC1=O. The maximum atomic E-state index is 12.5. The largest absolute Gasteiger partial charge is 0.479 e. The van der Waals surface area contributed by atoms with Crippen LogP contribution in [0, 0.1) is 0 Å². The van der Waals surface area contributed by atoms with E-state index in [0.29, 0.717) is 22.7 Å². The fraction of sp³-hybridized carbons (Fsp3) is 0.160. The number of ketones is 1. The Balaban J connectivity index is 1.32. The zero-order valence-electron chi connectivity index (χ0n) is 17.1. The van der Waals surface area contributed by atoms with E-state index >= 15 is 0 Å². The topological polar surface area (TPSA) is 84.5 Å². The number of hydrogen-bond donors (Lipinski definition) is 2. The van der Waals surface area contributed by atoms with Crippen molar-refractivity contribution in [2.24, 2.45) is 0 Å². The number of anilines is 2. The van der Waals surface area contributed by atoms with Crippen molar-refractivity contribution in [1.29, 1.82) is 0 Å². The van der Waals surface area contributed by atoms with E-state index in [2.05, 4.69) is 10.6 Å². The van der Waals surface area contributed by atoms with Crippen molar-refractivity contribution < 1.29 is 19.1 Å². The second kappa shape index (κ2) is 8.83. The number of fused-ring (bicyclic) bond motifs is 1. The smallest absolute Gasteiger partial charge is 0.265 e. The molecular formula is C25H22N2O4. The van der Waals surface area contributed by atoms with E-state index in [4.69, 9.17) is 4.74 Å². The summed E-state index contributed by atoms with van der Waals surface area (Å²) < 4.78 is 5.50. The van der Waals surface area contributed by atoms with E-state index in [0.717, 1.165) is 11.1 Å². The number of hydrogen-bond acceptors (Lipinski definition) is 4. The van der Waals surface area contributed by atoms with Gasteiger partial charge in [0.25, 0.3) is 5.91 Å². The average molecular weight is 414 g/mol. The van der Waals surface area contributed by atoms with Gasteiger partial charge in [-0.15, -0.1) is 0 Å². The van der Waals surface area contributed by atoms with E-state index in [1.165, 1.54) is 0 Å². The molecule has 3 aromatic carbocycles. The van der Waals surface area contributed by atoms with E-state index in [1.54, 1.807) is 37.3 Å². The quantitative estimate of drug-likeness (QED) is 0.574. The summed E-state index contributed by atoms with van der Waals surface area (Å²) in [6.07, 6.45) is -0.379. The summed E-state index contributed by atoms with van der Waals surface area (Å²) in [5.41, 5.74) is 3.74. The van der Waals surface area contributed by atoms with E-state index < -0.39 is 6.10 Å². The van der Waals surface area contributed by atoms with E-state index in [1.807, 2.05) is 42.5 Å². The molecule has 6 heteroatoms. The Morgan fingerprint density at radius 2 is 1.65 bits per heavy atom. The Labute approximate surface area is 180 Å². The van der Waals surface area contributed by atoms with Gasteiger partial charge in [-0.05, 0) is 36.2 Å². The molecule has 4 rings (SSSR count). The molecule has 1 atom stereocenters. The molecule has 0 aromatic heterocycles. The molecule has 0 fully saturated rings. The molecule has 0 saturated heterocycles. The highest BCUT2D eigenvalue weighted by atomic mass is 16.5. The van der Waals surface area contributed by atoms with Crippen molar-refractivity contribution in [2.75, 3.05) is 10.6 Å². The summed E-state index contributed by atoms with van der Waals surface area (Å²) in [6, 6.07) is 22.4. The lowest BCUT2D eigenvalue weighted by molar-refractivity contribution is -0.122. The predicted octanol–water partition coefficient (Wildman–Crippen LogP) is 4.67. The van der Waals surface area contributed by atoms with Crippen molar-refractivity contribution in [3.63, 3.8) is 0 Å². The molecule has 0 aliphatic carbocycles. The Bertz CT molecular complexity index is 1120. The monoisotopic (exact) mass is 414 g/mol. The molecule has 31 heavy (non-hydrogen) atoms. The Kier molecular flexibility index (Phi) is 5.80. The van der Waals surface area contributed by atoms with Gasteiger partial charge in [0.15, 0.2) is 11.9 Å². The van der Waals surface area contributed by atoms with Gasteiger partial charge in [0.1, 0.15) is 5.75 Å². The maximum absolute atomic E-state index is 12.5. The van der Waals surface area contributed by atoms with Crippen LogP contribution >= 0.6 is 0 Å². The van der Waals surface area contributed by atoms with Crippen LogP contribution in [0.3, 0.4) is 0 Å². The van der Waals surface area contributed by atoms with Gasteiger partial charge in [0.2, 0.25) is 5.91 Å². The predicted molar refractivity (Wildman–Crippen MR) is 119 cm³/mol. The molecule has 0 spiro atoms. The molecule has 3 aromatic rings. The highest BCUT2D eigenvalue weighted by Gasteiger charge is 2.23. The summed E-state index contributed by atoms with van der Waals surface area (Å²) in [4.78, 5) is 36.5. The number of carbonyl (C=O) groups excluding carboxylic acids is 3. The molecule has 0 radical (unpaired) electrons. The summed E-state index contributed by atoms with van der Waals surface area (Å²) in [5.74, 6) is -0.0421. The molecule has 6 nitrogen and oxygen atoms in total. The van der Waals surface area contributed by atoms with Crippen molar-refractivity contribution in [2.45, 2.75) is 25.9 Å². The zero-order valence-corrected chi connectivity index (χ0v) is 17.1. The van der Waals surface area contributed by atoms with Gasteiger partial charge in [-0.3, -0.25) is 14.4 Å². The molecule has 156 valence electrons. The third-order valence-corrected chi connectivity index (χ3v) is 5.09. The molecule has 1 aliphatic rings. The first kappa shape index (κ1) is 20.3. The van der Waals surface area contributed by atoms with Gasteiger partial charge in [-0.1, -0.05) is 54.6 Å². The fourth-order valence-corrected chi connectivity index (χ4v) is 3.36. The van der Waals surface area contributed by atoms with E-state index in [-0.39, 0.29) is 30.4 Å². The van der Waals surface area contributed by atoms with Crippen molar-refractivity contribution in [3.05, 3.63) is 78.4 Å². The van der Waals surface area contributed by atoms with Gasteiger partial charge in [-0.25, -0.2) is 0 Å². The minimum absolute atomic E-state index is 0.0657. The van der Waals surface area contributed by atoms with Gasteiger partial charge in [0.05, 0.1) is 5.69 Å². The minimum atomic E-state index is -0.555. The third-order valence-electron chi connectivity index (χ3n) is 5.09. The molecule has 2 amide bonds. The molecule has 2 N–H and O–H groups in total. The first-order chi connectivity index (χ1) is 15.0. The standard InChI is InChI=1S/C25H22N2O4/c1-16-25(30)27-21-15-20(11-13-23(21)31-16)26-24(29)14-12-22(28)19-9-7-18(8-10-19)17-5-3-2-4-6-17/h2-11,13,15-16H,12,14H2,1H3,(H,26,29)(H,27,30)/t16-/m0/s1. The summed E-state index contributed by atoms with van der Waals surface area (Å²) in [7, 11) is 0. The second-order valence-corrected chi connectivity index (χ2v) is 7.37. The highest BCUT2D eigenvalue weighted by molar-refractivity contribution is 6.01. The maximum Gasteiger partial charge on any atom is 0.265 e. The van der Waals surface area contributed by atoms with Crippen LogP contribution in [0.4, 0.5) is 11.4 Å². The Morgan fingerprint density at radius 1 is 0.935 bits per heavy atom. The highest BCUT2D eigenvalue weighted by Crippen LogP contribution is 2.32. The third kappa shape index (κ3) is 4.80. The summed E-state index contributed by atoms with van der Waals surface area (Å²) in [6.45, 7) is 1.67. The van der Waals surface area contributed by atoms with Gasteiger partial charge in [0, 0.05) is 24.1 Å². The first-order valence-corrected chi connectivity index (χ1v) is 10.1. The van der Waals surface area contributed by atoms with Crippen LogP contribution in [0.15, 0.2) is 72.8 Å². The fourth-order valence-electron chi connectivity index (χ4n) is 3.36. The Morgan fingerprint density at radius 3 is 2.39 bits per heavy atom. The summed E-state index contributed by atoms with van der Waals surface area (Å²) in [5, 5.41) is 5.50. The lowest BCUT2D eigenvalue weighted by Crippen LogP contribution is -2.34. The molecular weight excluding hydrogens is 392 g/mol. The zero-order chi connectivity index (χ0) is 21.8. The lowest BCUT2D eigenvalue weighted by atomic mass is 10.0. The molecule has 1 heterocycles. The first-order valence-electron chi connectivity index (χ1n) is 10.1. The van der Waals surface area contributed by atoms with Crippen LogP contribution in [0.5, 0.6) is 5.75 Å². The minimum Gasteiger partial charge on any atom is -0.479 e. The number of ether oxygens (including phenoxy) is 1. The second-order valence-electron chi connectivity index (χ2n) is 7.37. The van der Waals surface area contributed by atoms with Crippen LogP contribution in [-0.4, -0.2) is 23.7 Å². The van der Waals surface area contributed by atoms with Gasteiger partial charge >= 0.3 is 0 Å². The number of nitrogens with one attached hydrogen (secondary N) is 2. The normalized spacial score (nSPS) is 14.7. The van der Waals surface area contributed by atoms with Crippen molar-refractivity contribution in [1.82, 2.24) is 0 Å². The van der Waals surface area contributed by atoms with Crippen LogP contribution in [0.1, 0.15) is 30.1 Å². The average Bonchev–Trinajstić information content (AvgIpc) is 2.79. The van der Waals surface area contributed by atoms with Gasteiger partial charge in [-0.2, -0.15) is 0 Å². The molecule has 0 saturated carbocycles. The summed E-state index contributed by atoms with van der Waals surface area (Å²) >= 11 is 0. The lowest BCUT2D eigenvalue weighted by Gasteiger charge is -2.23.